The molecule has 0 heterocycles. The maximum absolute atomic E-state index is 2.60. The molecule has 106 valence electrons. The van der Waals surface area contributed by atoms with Crippen molar-refractivity contribution in [3.8, 4) is 0 Å². The second-order valence-electron chi connectivity index (χ2n) is 7.63. The highest BCUT2D eigenvalue weighted by atomic mass is 15.0. The highest BCUT2D eigenvalue weighted by molar-refractivity contribution is 5.39. The lowest BCUT2D eigenvalue weighted by Gasteiger charge is -2.37. The lowest BCUT2D eigenvalue weighted by atomic mass is 9.67. The minimum absolute atomic E-state index is 0.699. The van der Waals surface area contributed by atoms with Gasteiger partial charge in [0.25, 0.3) is 0 Å². The van der Waals surface area contributed by atoms with E-state index in [1.54, 1.807) is 0 Å². The Morgan fingerprint density at radius 3 is 2.06 bits per heavy atom. The molecule has 0 radical (unpaired) electrons. The molecular formula is C18H34. The Morgan fingerprint density at radius 2 is 1.61 bits per heavy atom. The standard InChI is InChI=1S/C18H34/c1-8-11-18-15(14(6)12(4)9-2)16(18)17(18,7)13(5)10-3/h12-16H,8-11H2,1-7H3. The van der Waals surface area contributed by atoms with Gasteiger partial charge >= 0.3 is 0 Å². The van der Waals surface area contributed by atoms with E-state index in [1.807, 2.05) is 0 Å². The van der Waals surface area contributed by atoms with Gasteiger partial charge in [-0.1, -0.05) is 67.7 Å². The fourth-order valence-electron chi connectivity index (χ4n) is 5.58. The van der Waals surface area contributed by atoms with Gasteiger partial charge in [-0.2, -0.15) is 0 Å². The van der Waals surface area contributed by atoms with Gasteiger partial charge in [0.2, 0.25) is 0 Å². The summed E-state index contributed by atoms with van der Waals surface area (Å²) in [5.41, 5.74) is 1.46. The van der Waals surface area contributed by atoms with Crippen molar-refractivity contribution < 1.29 is 0 Å². The van der Waals surface area contributed by atoms with Crippen LogP contribution in [0.3, 0.4) is 0 Å². The van der Waals surface area contributed by atoms with Crippen LogP contribution in [0.4, 0.5) is 0 Å². The zero-order chi connectivity index (χ0) is 13.7. The van der Waals surface area contributed by atoms with Crippen LogP contribution in [0.5, 0.6) is 0 Å². The fourth-order valence-corrected chi connectivity index (χ4v) is 5.58. The molecule has 7 unspecified atom stereocenters. The van der Waals surface area contributed by atoms with Crippen molar-refractivity contribution in [1.29, 1.82) is 0 Å². The van der Waals surface area contributed by atoms with Gasteiger partial charge in [-0.3, -0.25) is 0 Å². The molecule has 7 atom stereocenters. The first-order valence-electron chi connectivity index (χ1n) is 8.43. The number of hydrogen-bond acceptors (Lipinski definition) is 0. The molecule has 0 saturated heterocycles. The highest BCUT2D eigenvalue weighted by Gasteiger charge is 2.92. The minimum Gasteiger partial charge on any atom is -0.0654 e. The Labute approximate surface area is 115 Å². The summed E-state index contributed by atoms with van der Waals surface area (Å²) >= 11 is 0. The summed E-state index contributed by atoms with van der Waals surface area (Å²) < 4.78 is 0. The van der Waals surface area contributed by atoms with Crippen LogP contribution in [0.15, 0.2) is 0 Å². The van der Waals surface area contributed by atoms with E-state index in [2.05, 4.69) is 48.5 Å². The van der Waals surface area contributed by atoms with Gasteiger partial charge < -0.3 is 0 Å². The average Bonchev–Trinajstić information content (AvgIpc) is 3.20. The normalized spacial score (nSPS) is 46.2. The van der Waals surface area contributed by atoms with Crippen molar-refractivity contribution in [2.45, 2.75) is 74.1 Å². The Hall–Kier alpha value is 0. The molecule has 2 aliphatic rings. The molecule has 18 heavy (non-hydrogen) atoms. The largest absolute Gasteiger partial charge is 0.0654 e. The molecule has 0 N–H and O–H groups in total. The topological polar surface area (TPSA) is 0 Å². The van der Waals surface area contributed by atoms with Gasteiger partial charge in [-0.25, -0.2) is 0 Å². The maximum atomic E-state index is 2.60. The van der Waals surface area contributed by atoms with E-state index in [9.17, 15) is 0 Å². The molecule has 2 saturated carbocycles. The van der Waals surface area contributed by atoms with E-state index in [4.69, 9.17) is 0 Å². The molecule has 0 aromatic carbocycles. The van der Waals surface area contributed by atoms with Crippen molar-refractivity contribution in [2.75, 3.05) is 0 Å². The van der Waals surface area contributed by atoms with Gasteiger partial charge in [0.1, 0.15) is 0 Å². The zero-order valence-electron chi connectivity index (χ0n) is 13.7. The Bertz CT molecular complexity index is 301. The summed E-state index contributed by atoms with van der Waals surface area (Å²) in [6.07, 6.45) is 5.59. The molecule has 0 nitrogen and oxygen atoms in total. The third kappa shape index (κ3) is 1.50. The molecule has 2 fully saturated rings. The highest BCUT2D eigenvalue weighted by Crippen LogP contribution is 2.96. The monoisotopic (exact) mass is 250 g/mol. The molecule has 2 aliphatic carbocycles. The van der Waals surface area contributed by atoms with Gasteiger partial charge in [-0.15, -0.1) is 0 Å². The zero-order valence-corrected chi connectivity index (χ0v) is 13.7. The van der Waals surface area contributed by atoms with Crippen molar-refractivity contribution in [2.24, 2.45) is 40.4 Å². The first-order chi connectivity index (χ1) is 8.43. The molecule has 0 heteroatoms. The van der Waals surface area contributed by atoms with Crippen molar-refractivity contribution in [3.05, 3.63) is 0 Å². The predicted octanol–water partition coefficient (Wildman–Crippen LogP) is 5.77. The maximum Gasteiger partial charge on any atom is -0.0167 e. The summed E-state index contributed by atoms with van der Waals surface area (Å²) in [5.74, 6) is 4.92. The summed E-state index contributed by atoms with van der Waals surface area (Å²) in [6, 6.07) is 0. The fraction of sp³-hybridized carbons (Fsp3) is 1.00. The van der Waals surface area contributed by atoms with Gasteiger partial charge in [-0.05, 0) is 46.8 Å². The average molecular weight is 250 g/mol. The third-order valence-corrected chi connectivity index (χ3v) is 7.37. The summed E-state index contributed by atoms with van der Waals surface area (Å²) in [7, 11) is 0. The van der Waals surface area contributed by atoms with Crippen LogP contribution in [-0.2, 0) is 0 Å². The first-order valence-corrected chi connectivity index (χ1v) is 8.43. The number of rotatable bonds is 7. The molecule has 2 rings (SSSR count). The van der Waals surface area contributed by atoms with E-state index < -0.39 is 0 Å². The number of fused-ring (bicyclic) bond motifs is 1. The van der Waals surface area contributed by atoms with E-state index in [0.717, 1.165) is 35.0 Å². The summed E-state index contributed by atoms with van der Waals surface area (Å²) in [4.78, 5) is 0. The van der Waals surface area contributed by atoms with E-state index in [-0.39, 0.29) is 0 Å². The second-order valence-corrected chi connectivity index (χ2v) is 7.63. The predicted molar refractivity (Wildman–Crippen MR) is 80.5 cm³/mol. The molecule has 0 aliphatic heterocycles. The van der Waals surface area contributed by atoms with Crippen LogP contribution in [-0.4, -0.2) is 0 Å². The lowest BCUT2D eigenvalue weighted by Crippen LogP contribution is -2.31. The van der Waals surface area contributed by atoms with Crippen LogP contribution in [0.2, 0.25) is 0 Å². The van der Waals surface area contributed by atoms with E-state index >= 15 is 0 Å². The van der Waals surface area contributed by atoms with Crippen molar-refractivity contribution >= 4 is 0 Å². The Balaban J connectivity index is 2.09. The van der Waals surface area contributed by atoms with E-state index in [1.165, 1.54) is 25.7 Å². The third-order valence-electron chi connectivity index (χ3n) is 7.37. The lowest BCUT2D eigenvalue weighted by molar-refractivity contribution is 0.105. The first kappa shape index (κ1) is 14.4. The molecule has 0 aromatic rings. The SMILES string of the molecule is CCCC12C(C(C)C(C)CC)C1C2(C)C(C)CC. The van der Waals surface area contributed by atoms with E-state index in [0.29, 0.717) is 5.41 Å². The molecule has 0 bridgehead atoms. The summed E-state index contributed by atoms with van der Waals surface area (Å²) in [5, 5.41) is 0. The Kier molecular flexibility index (Phi) is 3.63. The van der Waals surface area contributed by atoms with Crippen LogP contribution >= 0.6 is 0 Å². The molecular weight excluding hydrogens is 216 g/mol. The van der Waals surface area contributed by atoms with Crippen LogP contribution in [0.25, 0.3) is 0 Å². The molecule has 0 amide bonds. The number of hydrogen-bond donors (Lipinski definition) is 0. The van der Waals surface area contributed by atoms with Gasteiger partial charge in [0.05, 0.1) is 0 Å². The van der Waals surface area contributed by atoms with Crippen LogP contribution in [0, 0.1) is 40.4 Å². The second kappa shape index (κ2) is 4.53. The minimum atomic E-state index is 0.699. The van der Waals surface area contributed by atoms with Gasteiger partial charge in [0, 0.05) is 0 Å². The quantitative estimate of drug-likeness (QED) is 0.538. The van der Waals surface area contributed by atoms with Crippen molar-refractivity contribution in [1.82, 2.24) is 0 Å². The van der Waals surface area contributed by atoms with Gasteiger partial charge in [0.15, 0.2) is 0 Å². The van der Waals surface area contributed by atoms with Crippen LogP contribution < -0.4 is 0 Å². The summed E-state index contributed by atoms with van der Waals surface area (Å²) in [6.45, 7) is 17.2. The molecule has 0 spiro atoms. The Morgan fingerprint density at radius 1 is 1.00 bits per heavy atom. The smallest absolute Gasteiger partial charge is 0.0167 e. The van der Waals surface area contributed by atoms with Crippen molar-refractivity contribution in [3.63, 3.8) is 0 Å². The van der Waals surface area contributed by atoms with Crippen LogP contribution in [0.1, 0.15) is 74.1 Å². The molecule has 0 aromatic heterocycles.